The molecule has 4 rings (SSSR count). The van der Waals surface area contributed by atoms with Crippen molar-refractivity contribution in [2.45, 2.75) is 11.8 Å². The summed E-state index contributed by atoms with van der Waals surface area (Å²) < 4.78 is 35.9. The van der Waals surface area contributed by atoms with Crippen LogP contribution in [-0.2, 0) is 11.4 Å². The monoisotopic (exact) mass is 508 g/mol. The van der Waals surface area contributed by atoms with Crippen molar-refractivity contribution in [1.29, 1.82) is 0 Å². The lowest BCUT2D eigenvalue weighted by Gasteiger charge is -2.10. The Hall–Kier alpha value is -4.31. The van der Waals surface area contributed by atoms with Crippen LogP contribution in [0.5, 0.6) is 17.2 Å². The number of aromatic nitrogens is 2. The van der Waals surface area contributed by atoms with Crippen molar-refractivity contribution in [2.24, 2.45) is 0 Å². The Labute approximate surface area is 210 Å². The van der Waals surface area contributed by atoms with Crippen LogP contribution in [0.25, 0.3) is 17.5 Å². The number of aliphatic carboxylic acids is 1. The lowest BCUT2D eigenvalue weighted by atomic mass is 10.2. The minimum atomic E-state index is -1.19. The molecule has 0 saturated carbocycles. The fourth-order valence-electron chi connectivity index (χ4n) is 3.17. The second kappa shape index (κ2) is 11.4. The second-order valence-electron chi connectivity index (χ2n) is 7.31. The number of hydrogen-bond acceptors (Lipinski definition) is 8. The van der Waals surface area contributed by atoms with Crippen molar-refractivity contribution in [3.8, 4) is 28.7 Å². The van der Waals surface area contributed by atoms with Crippen molar-refractivity contribution in [1.82, 2.24) is 10.2 Å². The number of rotatable bonds is 10. The zero-order valence-corrected chi connectivity index (χ0v) is 20.1. The number of carboxylic acid groups (broad SMARTS) is 1. The van der Waals surface area contributed by atoms with Gasteiger partial charge in [-0.3, -0.25) is 0 Å². The molecule has 36 heavy (non-hydrogen) atoms. The summed E-state index contributed by atoms with van der Waals surface area (Å²) >= 11 is 0.796. The van der Waals surface area contributed by atoms with E-state index in [4.69, 9.17) is 18.6 Å². The fourth-order valence-corrected chi connectivity index (χ4v) is 3.83. The van der Waals surface area contributed by atoms with Gasteiger partial charge < -0.3 is 23.7 Å². The summed E-state index contributed by atoms with van der Waals surface area (Å²) in [6.07, 6.45) is 1.43. The maximum Gasteiger partial charge on any atom is 0.342 e. The van der Waals surface area contributed by atoms with Crippen LogP contribution in [0, 0.1) is 5.82 Å². The average molecular weight is 509 g/mol. The summed E-state index contributed by atoms with van der Waals surface area (Å²) in [7, 11) is 3.05. The highest BCUT2D eigenvalue weighted by Crippen LogP contribution is 2.34. The number of hydrogen-bond donors (Lipinski definition) is 1. The highest BCUT2D eigenvalue weighted by molar-refractivity contribution is 8.03. The molecule has 1 N–H and O–H groups in total. The fraction of sp³-hybridized carbons (Fsp3) is 0.115. The lowest BCUT2D eigenvalue weighted by molar-refractivity contribution is -0.131. The first-order chi connectivity index (χ1) is 17.5. The summed E-state index contributed by atoms with van der Waals surface area (Å²) in [4.78, 5) is 11.9. The largest absolute Gasteiger partial charge is 0.497 e. The zero-order chi connectivity index (χ0) is 25.5. The number of halogens is 1. The van der Waals surface area contributed by atoms with Crippen LogP contribution in [0.4, 0.5) is 4.39 Å². The third-order valence-electron chi connectivity index (χ3n) is 4.96. The smallest absolute Gasteiger partial charge is 0.342 e. The van der Waals surface area contributed by atoms with Gasteiger partial charge in [-0.25, -0.2) is 9.18 Å². The first kappa shape index (κ1) is 24.8. The van der Waals surface area contributed by atoms with E-state index in [2.05, 4.69) is 10.2 Å². The molecule has 1 aromatic heterocycles. The first-order valence-electron chi connectivity index (χ1n) is 10.6. The average Bonchev–Trinajstić information content (AvgIpc) is 3.37. The van der Waals surface area contributed by atoms with Gasteiger partial charge in [0.1, 0.15) is 34.6 Å². The van der Waals surface area contributed by atoms with Gasteiger partial charge in [-0.15, -0.1) is 10.2 Å². The van der Waals surface area contributed by atoms with Crippen LogP contribution >= 0.6 is 11.8 Å². The molecule has 0 amide bonds. The van der Waals surface area contributed by atoms with Gasteiger partial charge in [0.2, 0.25) is 5.89 Å². The maximum atomic E-state index is 14.0. The molecule has 0 bridgehead atoms. The van der Waals surface area contributed by atoms with Crippen molar-refractivity contribution in [3.63, 3.8) is 0 Å². The second-order valence-corrected chi connectivity index (χ2v) is 8.30. The van der Waals surface area contributed by atoms with Gasteiger partial charge in [0, 0.05) is 22.8 Å². The molecule has 0 unspecified atom stereocenters. The van der Waals surface area contributed by atoms with Crippen molar-refractivity contribution in [3.05, 3.63) is 88.6 Å². The highest BCUT2D eigenvalue weighted by Gasteiger charge is 2.18. The van der Waals surface area contributed by atoms with Crippen LogP contribution in [0.15, 0.2) is 81.3 Å². The minimum absolute atomic E-state index is 0.00983. The van der Waals surface area contributed by atoms with E-state index >= 15 is 0 Å². The van der Waals surface area contributed by atoms with Gasteiger partial charge in [0.25, 0.3) is 5.22 Å². The molecule has 0 spiro atoms. The van der Waals surface area contributed by atoms with Gasteiger partial charge in [-0.1, -0.05) is 36.4 Å². The first-order valence-corrected chi connectivity index (χ1v) is 11.4. The topological polar surface area (TPSA) is 104 Å². The summed E-state index contributed by atoms with van der Waals surface area (Å²) in [5.74, 6) is 0.0763. The van der Waals surface area contributed by atoms with E-state index in [0.717, 1.165) is 11.8 Å². The third-order valence-corrected chi connectivity index (χ3v) is 5.81. The molecular weight excluding hydrogens is 487 g/mol. The van der Waals surface area contributed by atoms with Crippen LogP contribution in [0.1, 0.15) is 11.1 Å². The molecule has 0 atom stereocenters. The molecule has 0 saturated heterocycles. The molecular formula is C26H21FN2O6S. The Bertz CT molecular complexity index is 1380. The van der Waals surface area contributed by atoms with E-state index in [-0.39, 0.29) is 28.4 Å². The van der Waals surface area contributed by atoms with Crippen molar-refractivity contribution < 1.29 is 32.9 Å². The van der Waals surface area contributed by atoms with Crippen LogP contribution in [-0.4, -0.2) is 35.5 Å². The van der Waals surface area contributed by atoms with Crippen LogP contribution in [0.3, 0.4) is 0 Å². The minimum Gasteiger partial charge on any atom is -0.497 e. The van der Waals surface area contributed by atoms with Gasteiger partial charge in [-0.05, 0) is 42.1 Å². The Morgan fingerprint density at radius 3 is 2.42 bits per heavy atom. The molecule has 8 nitrogen and oxygen atoms in total. The Morgan fingerprint density at radius 1 is 1.03 bits per heavy atom. The highest BCUT2D eigenvalue weighted by atomic mass is 32.2. The van der Waals surface area contributed by atoms with E-state index in [9.17, 15) is 14.3 Å². The van der Waals surface area contributed by atoms with Crippen LogP contribution in [0.2, 0.25) is 0 Å². The summed E-state index contributed by atoms with van der Waals surface area (Å²) in [5, 5.41) is 17.8. The summed E-state index contributed by atoms with van der Waals surface area (Å²) in [5.41, 5.74) is 1.44. The van der Waals surface area contributed by atoms with Gasteiger partial charge >= 0.3 is 5.97 Å². The maximum absolute atomic E-state index is 14.0. The molecule has 0 aliphatic heterocycles. The van der Waals surface area contributed by atoms with Crippen LogP contribution < -0.4 is 14.2 Å². The number of carboxylic acids is 1. The number of thioether (sulfide) groups is 1. The molecule has 10 heteroatoms. The quantitative estimate of drug-likeness (QED) is 0.214. The Morgan fingerprint density at radius 2 is 1.72 bits per heavy atom. The van der Waals surface area contributed by atoms with E-state index < -0.39 is 5.97 Å². The molecule has 3 aromatic carbocycles. The number of methoxy groups -OCH3 is 2. The standard InChI is InChI=1S/C26H21FN2O6S/c1-32-19-11-18(12-20(14-19)33-2)24-28-29-26(35-24)36-23(25(30)31)13-16-7-4-6-10-22(16)34-15-17-8-3-5-9-21(17)27/h3-14H,15H2,1-2H3,(H,30,31)/b23-13-. The predicted octanol–water partition coefficient (Wildman–Crippen LogP) is 5.69. The number of carbonyl (C=O) groups is 1. The SMILES string of the molecule is COc1cc(OC)cc(-c2nnc(S/C(=C\c3ccccc3OCc3ccccc3F)C(=O)O)o2)c1. The van der Waals surface area contributed by atoms with Gasteiger partial charge in [0.05, 0.1) is 14.2 Å². The lowest BCUT2D eigenvalue weighted by Crippen LogP contribution is -2.01. The van der Waals surface area contributed by atoms with Gasteiger partial charge in [0.15, 0.2) is 0 Å². The number of para-hydroxylation sites is 1. The molecule has 1 heterocycles. The number of benzene rings is 3. The van der Waals surface area contributed by atoms with E-state index in [1.165, 1.54) is 26.4 Å². The van der Waals surface area contributed by atoms with Crippen molar-refractivity contribution >= 4 is 23.8 Å². The summed E-state index contributed by atoms with van der Waals surface area (Å²) in [6, 6.07) is 18.2. The Kier molecular flexibility index (Phi) is 7.86. The normalized spacial score (nSPS) is 11.2. The molecule has 184 valence electrons. The number of nitrogens with zero attached hydrogens (tertiary/aromatic N) is 2. The molecule has 0 fully saturated rings. The third kappa shape index (κ3) is 6.02. The predicted molar refractivity (Wildman–Crippen MR) is 131 cm³/mol. The van der Waals surface area contributed by atoms with Gasteiger partial charge in [-0.2, -0.15) is 0 Å². The molecule has 0 radical (unpaired) electrons. The Balaban J connectivity index is 1.56. The molecule has 4 aromatic rings. The summed E-state index contributed by atoms with van der Waals surface area (Å²) in [6.45, 7) is -0.00983. The molecule has 0 aliphatic rings. The molecule has 0 aliphatic carbocycles. The van der Waals surface area contributed by atoms with Crippen molar-refractivity contribution in [2.75, 3.05) is 14.2 Å². The van der Waals surface area contributed by atoms with E-state index in [1.54, 1.807) is 60.7 Å². The zero-order valence-electron chi connectivity index (χ0n) is 19.3. The van der Waals surface area contributed by atoms with E-state index in [0.29, 0.717) is 33.9 Å². The number of ether oxygens (including phenoxy) is 3. The van der Waals surface area contributed by atoms with E-state index in [1.807, 2.05) is 0 Å².